The number of rotatable bonds is 4. The standard InChI is InChI=1S/C18H23N3O2S2/c1-18(2,3)11-4-5-13-10(6-11)7-14(25-13)16(23)21-17-20-12(9-24-17)8-15(19)22/h7,9,11H,4-6,8H2,1-3H3,(H2,19,22)(H,20,21,23). The first-order valence-electron chi connectivity index (χ1n) is 8.38. The minimum absolute atomic E-state index is 0.0911. The van der Waals surface area contributed by atoms with Crippen LogP contribution in [-0.4, -0.2) is 16.8 Å². The molecule has 134 valence electrons. The molecule has 0 saturated heterocycles. The Morgan fingerprint density at radius 3 is 2.84 bits per heavy atom. The summed E-state index contributed by atoms with van der Waals surface area (Å²) in [4.78, 5) is 29.7. The number of nitrogens with one attached hydrogen (secondary N) is 1. The molecule has 3 rings (SSSR count). The van der Waals surface area contributed by atoms with Gasteiger partial charge in [0.2, 0.25) is 5.91 Å². The molecule has 0 spiro atoms. The van der Waals surface area contributed by atoms with E-state index in [9.17, 15) is 9.59 Å². The lowest BCUT2D eigenvalue weighted by molar-refractivity contribution is -0.117. The normalized spacial score (nSPS) is 17.2. The molecular formula is C18H23N3O2S2. The topological polar surface area (TPSA) is 85.1 Å². The summed E-state index contributed by atoms with van der Waals surface area (Å²) in [6, 6.07) is 2.03. The molecule has 25 heavy (non-hydrogen) atoms. The molecule has 0 fully saturated rings. The van der Waals surface area contributed by atoms with Gasteiger partial charge in [0.1, 0.15) is 0 Å². The minimum Gasteiger partial charge on any atom is -0.369 e. The number of hydrogen-bond acceptors (Lipinski definition) is 5. The van der Waals surface area contributed by atoms with Gasteiger partial charge in [0.15, 0.2) is 5.13 Å². The molecule has 0 radical (unpaired) electrons. The molecule has 3 N–H and O–H groups in total. The summed E-state index contributed by atoms with van der Waals surface area (Å²) >= 11 is 2.89. The van der Waals surface area contributed by atoms with Gasteiger partial charge in [-0.25, -0.2) is 4.98 Å². The highest BCUT2D eigenvalue weighted by molar-refractivity contribution is 7.15. The Kier molecular flexibility index (Phi) is 4.97. The summed E-state index contributed by atoms with van der Waals surface area (Å²) in [6.45, 7) is 6.86. The average Bonchev–Trinajstić information content (AvgIpc) is 3.11. The molecule has 2 amide bonds. The molecule has 0 bridgehead atoms. The van der Waals surface area contributed by atoms with Gasteiger partial charge in [0.05, 0.1) is 17.0 Å². The number of thiophene rings is 1. The van der Waals surface area contributed by atoms with Crippen molar-refractivity contribution in [2.45, 2.75) is 46.5 Å². The van der Waals surface area contributed by atoms with Gasteiger partial charge in [-0.15, -0.1) is 22.7 Å². The maximum atomic E-state index is 12.5. The Morgan fingerprint density at radius 1 is 1.40 bits per heavy atom. The second-order valence-electron chi connectivity index (χ2n) is 7.61. The number of thiazole rings is 1. The monoisotopic (exact) mass is 377 g/mol. The van der Waals surface area contributed by atoms with Crippen molar-refractivity contribution in [2.24, 2.45) is 17.1 Å². The maximum Gasteiger partial charge on any atom is 0.267 e. The van der Waals surface area contributed by atoms with Crippen molar-refractivity contribution in [3.8, 4) is 0 Å². The van der Waals surface area contributed by atoms with Gasteiger partial charge in [0, 0.05) is 10.3 Å². The molecule has 5 nitrogen and oxygen atoms in total. The zero-order valence-electron chi connectivity index (χ0n) is 14.7. The molecule has 1 aliphatic carbocycles. The third-order valence-corrected chi connectivity index (χ3v) is 6.70. The smallest absolute Gasteiger partial charge is 0.267 e. The van der Waals surface area contributed by atoms with E-state index in [0.29, 0.717) is 22.2 Å². The number of aromatic nitrogens is 1. The molecule has 2 aromatic rings. The number of fused-ring (bicyclic) bond motifs is 1. The summed E-state index contributed by atoms with van der Waals surface area (Å²) in [5.41, 5.74) is 7.36. The fourth-order valence-corrected chi connectivity index (χ4v) is 4.97. The van der Waals surface area contributed by atoms with E-state index >= 15 is 0 Å². The highest BCUT2D eigenvalue weighted by Crippen LogP contribution is 2.40. The molecule has 1 aliphatic rings. The van der Waals surface area contributed by atoms with Gasteiger partial charge in [0.25, 0.3) is 5.91 Å². The van der Waals surface area contributed by atoms with E-state index in [-0.39, 0.29) is 12.3 Å². The summed E-state index contributed by atoms with van der Waals surface area (Å²) in [5.74, 6) is 0.0926. The minimum atomic E-state index is -0.428. The second-order valence-corrected chi connectivity index (χ2v) is 9.60. The van der Waals surface area contributed by atoms with Gasteiger partial charge in [-0.05, 0) is 42.2 Å². The van der Waals surface area contributed by atoms with Crippen LogP contribution >= 0.6 is 22.7 Å². The number of amides is 2. The van der Waals surface area contributed by atoms with Crippen LogP contribution in [0, 0.1) is 11.3 Å². The summed E-state index contributed by atoms with van der Waals surface area (Å²) in [7, 11) is 0. The highest BCUT2D eigenvalue weighted by atomic mass is 32.1. The van der Waals surface area contributed by atoms with E-state index in [1.165, 1.54) is 28.2 Å². The first-order valence-corrected chi connectivity index (χ1v) is 10.1. The molecule has 2 heterocycles. The fraction of sp³-hybridized carbons (Fsp3) is 0.500. The van der Waals surface area contributed by atoms with E-state index in [1.54, 1.807) is 16.7 Å². The molecule has 0 saturated carbocycles. The van der Waals surface area contributed by atoms with Crippen molar-refractivity contribution < 1.29 is 9.59 Å². The Balaban J connectivity index is 1.69. The Hall–Kier alpha value is -1.73. The van der Waals surface area contributed by atoms with E-state index in [0.717, 1.165) is 17.7 Å². The zero-order valence-corrected chi connectivity index (χ0v) is 16.4. The van der Waals surface area contributed by atoms with Gasteiger partial charge in [-0.3, -0.25) is 14.9 Å². The van der Waals surface area contributed by atoms with Crippen LogP contribution in [-0.2, 0) is 24.1 Å². The number of hydrogen-bond donors (Lipinski definition) is 2. The molecule has 0 aliphatic heterocycles. The molecule has 1 atom stereocenters. The number of primary amides is 1. The second kappa shape index (κ2) is 6.88. The van der Waals surface area contributed by atoms with E-state index in [1.807, 2.05) is 6.07 Å². The third kappa shape index (κ3) is 4.27. The Bertz CT molecular complexity index is 802. The lowest BCUT2D eigenvalue weighted by Gasteiger charge is -2.33. The largest absolute Gasteiger partial charge is 0.369 e. The van der Waals surface area contributed by atoms with Crippen molar-refractivity contribution in [2.75, 3.05) is 5.32 Å². The average molecular weight is 378 g/mol. The predicted molar refractivity (Wildman–Crippen MR) is 102 cm³/mol. The third-order valence-electron chi connectivity index (χ3n) is 4.66. The molecule has 2 aromatic heterocycles. The van der Waals surface area contributed by atoms with Crippen LogP contribution in [0.25, 0.3) is 0 Å². The van der Waals surface area contributed by atoms with Crippen LogP contribution in [0.3, 0.4) is 0 Å². The summed E-state index contributed by atoms with van der Waals surface area (Å²) < 4.78 is 0. The van der Waals surface area contributed by atoms with Crippen LogP contribution in [0.5, 0.6) is 0 Å². The van der Waals surface area contributed by atoms with Crippen LogP contribution in [0.2, 0.25) is 0 Å². The number of nitrogens with zero attached hydrogens (tertiary/aromatic N) is 1. The number of carbonyl (C=O) groups excluding carboxylic acids is 2. The highest BCUT2D eigenvalue weighted by Gasteiger charge is 2.30. The first kappa shape index (κ1) is 18.1. The molecule has 0 aromatic carbocycles. The Morgan fingerprint density at radius 2 is 2.16 bits per heavy atom. The SMILES string of the molecule is CC(C)(C)C1CCc2sc(C(=O)Nc3nc(CC(N)=O)cs3)cc2C1. The Labute approximate surface area is 155 Å². The maximum absolute atomic E-state index is 12.5. The van der Waals surface area contributed by atoms with Crippen molar-refractivity contribution in [3.63, 3.8) is 0 Å². The number of aryl methyl sites for hydroxylation is 1. The fourth-order valence-electron chi connectivity index (χ4n) is 3.16. The van der Waals surface area contributed by atoms with Crippen LogP contribution in [0.4, 0.5) is 5.13 Å². The van der Waals surface area contributed by atoms with Crippen molar-refractivity contribution in [1.82, 2.24) is 4.98 Å². The lowest BCUT2D eigenvalue weighted by Crippen LogP contribution is -2.26. The van der Waals surface area contributed by atoms with Crippen molar-refractivity contribution >= 4 is 39.6 Å². The van der Waals surface area contributed by atoms with E-state index in [4.69, 9.17) is 5.73 Å². The molecule has 7 heteroatoms. The number of nitrogens with two attached hydrogens (primary N) is 1. The molecule has 1 unspecified atom stereocenters. The lowest BCUT2D eigenvalue weighted by atomic mass is 9.72. The number of anilines is 1. The quantitative estimate of drug-likeness (QED) is 0.853. The van der Waals surface area contributed by atoms with Crippen LogP contribution < -0.4 is 11.1 Å². The number of carbonyl (C=O) groups is 2. The molecular weight excluding hydrogens is 354 g/mol. The van der Waals surface area contributed by atoms with E-state index in [2.05, 4.69) is 31.1 Å². The first-order chi connectivity index (χ1) is 11.7. The van der Waals surface area contributed by atoms with E-state index < -0.39 is 5.91 Å². The predicted octanol–water partition coefficient (Wildman–Crippen LogP) is 3.64. The van der Waals surface area contributed by atoms with Crippen molar-refractivity contribution in [3.05, 3.63) is 32.5 Å². The van der Waals surface area contributed by atoms with Gasteiger partial charge < -0.3 is 5.73 Å². The summed E-state index contributed by atoms with van der Waals surface area (Å²) in [6.07, 6.45) is 3.37. The van der Waals surface area contributed by atoms with Gasteiger partial charge in [-0.2, -0.15) is 0 Å². The summed E-state index contributed by atoms with van der Waals surface area (Å²) in [5, 5.41) is 5.07. The van der Waals surface area contributed by atoms with Crippen LogP contribution in [0.1, 0.15) is 53.0 Å². The zero-order chi connectivity index (χ0) is 18.2. The van der Waals surface area contributed by atoms with Gasteiger partial charge in [-0.1, -0.05) is 20.8 Å². The van der Waals surface area contributed by atoms with Gasteiger partial charge >= 0.3 is 0 Å². The van der Waals surface area contributed by atoms with Crippen molar-refractivity contribution in [1.29, 1.82) is 0 Å². The van der Waals surface area contributed by atoms with Crippen LogP contribution in [0.15, 0.2) is 11.4 Å².